The van der Waals surface area contributed by atoms with Crippen LogP contribution in [-0.4, -0.2) is 36.8 Å². The van der Waals surface area contributed by atoms with Gasteiger partial charge < -0.3 is 15.8 Å². The monoisotopic (exact) mass is 297 g/mol. The SMILES string of the molecule is Nc1cnc(Cl)cc1C(=O)NCCOCC(F)(F)F. The average Bonchev–Trinajstić information content (AvgIpc) is 2.30. The molecular weight excluding hydrogens is 287 g/mol. The molecule has 0 unspecified atom stereocenters. The Morgan fingerprint density at radius 3 is 2.84 bits per heavy atom. The molecule has 0 radical (unpaired) electrons. The fourth-order valence-corrected chi connectivity index (χ4v) is 1.31. The molecule has 106 valence electrons. The van der Waals surface area contributed by atoms with E-state index in [4.69, 9.17) is 17.3 Å². The molecular formula is C10H11ClF3N3O2. The number of halogens is 4. The van der Waals surface area contributed by atoms with E-state index in [0.29, 0.717) is 0 Å². The highest BCUT2D eigenvalue weighted by molar-refractivity contribution is 6.29. The predicted molar refractivity (Wildman–Crippen MR) is 62.9 cm³/mol. The van der Waals surface area contributed by atoms with Crippen LogP contribution in [0.2, 0.25) is 5.15 Å². The van der Waals surface area contributed by atoms with Crippen molar-refractivity contribution in [3.8, 4) is 0 Å². The smallest absolute Gasteiger partial charge is 0.397 e. The Hall–Kier alpha value is -1.54. The Labute approximate surface area is 111 Å². The fraction of sp³-hybridized carbons (Fsp3) is 0.400. The Bertz CT molecular complexity index is 454. The lowest BCUT2D eigenvalue weighted by Gasteiger charge is -2.09. The maximum absolute atomic E-state index is 11.8. The van der Waals surface area contributed by atoms with Gasteiger partial charge in [-0.15, -0.1) is 0 Å². The van der Waals surface area contributed by atoms with Gasteiger partial charge in [0.05, 0.1) is 24.1 Å². The van der Waals surface area contributed by atoms with Crippen LogP contribution in [0.15, 0.2) is 12.3 Å². The summed E-state index contributed by atoms with van der Waals surface area (Å²) in [7, 11) is 0. The molecule has 0 aromatic carbocycles. The van der Waals surface area contributed by atoms with Crippen molar-refractivity contribution in [1.82, 2.24) is 10.3 Å². The third kappa shape index (κ3) is 5.75. The van der Waals surface area contributed by atoms with E-state index in [0.717, 1.165) is 0 Å². The number of hydrogen-bond acceptors (Lipinski definition) is 4. The number of amides is 1. The highest BCUT2D eigenvalue weighted by Gasteiger charge is 2.27. The first-order chi connectivity index (χ1) is 8.79. The van der Waals surface area contributed by atoms with Gasteiger partial charge in [-0.05, 0) is 6.07 Å². The Balaban J connectivity index is 2.38. The molecule has 5 nitrogen and oxygen atoms in total. The minimum absolute atomic E-state index is 0.0751. The Kier molecular flexibility index (Phi) is 5.37. The van der Waals surface area contributed by atoms with Crippen molar-refractivity contribution >= 4 is 23.2 Å². The molecule has 0 aliphatic heterocycles. The average molecular weight is 298 g/mol. The third-order valence-corrected chi connectivity index (χ3v) is 2.15. The summed E-state index contributed by atoms with van der Waals surface area (Å²) in [6.45, 7) is -1.69. The van der Waals surface area contributed by atoms with Crippen molar-refractivity contribution in [1.29, 1.82) is 0 Å². The van der Waals surface area contributed by atoms with Gasteiger partial charge in [0.1, 0.15) is 11.8 Å². The molecule has 0 aliphatic carbocycles. The van der Waals surface area contributed by atoms with Crippen molar-refractivity contribution < 1.29 is 22.7 Å². The standard InChI is InChI=1S/C10H11ClF3N3O2/c11-8-3-6(7(15)4-17-8)9(18)16-1-2-19-5-10(12,13)14/h3-4H,1-2,5,15H2,(H,16,18). The lowest BCUT2D eigenvalue weighted by atomic mass is 10.2. The van der Waals surface area contributed by atoms with Gasteiger partial charge in [0.25, 0.3) is 5.91 Å². The van der Waals surface area contributed by atoms with E-state index in [9.17, 15) is 18.0 Å². The number of nitrogen functional groups attached to an aromatic ring is 1. The van der Waals surface area contributed by atoms with E-state index in [-0.39, 0.29) is 29.6 Å². The molecule has 0 atom stereocenters. The first kappa shape index (κ1) is 15.5. The van der Waals surface area contributed by atoms with Crippen LogP contribution in [0, 0.1) is 0 Å². The van der Waals surface area contributed by atoms with Crippen LogP contribution in [0.1, 0.15) is 10.4 Å². The zero-order valence-electron chi connectivity index (χ0n) is 9.63. The number of ether oxygens (including phenoxy) is 1. The summed E-state index contributed by atoms with van der Waals surface area (Å²) in [5.41, 5.74) is 5.75. The molecule has 0 saturated heterocycles. The maximum atomic E-state index is 11.8. The number of hydrogen-bond donors (Lipinski definition) is 2. The first-order valence-electron chi connectivity index (χ1n) is 5.13. The summed E-state index contributed by atoms with van der Waals surface area (Å²) in [6.07, 6.45) is -3.16. The van der Waals surface area contributed by atoms with Crippen LogP contribution in [0.5, 0.6) is 0 Å². The van der Waals surface area contributed by atoms with E-state index >= 15 is 0 Å². The predicted octanol–water partition coefficient (Wildman–Crippen LogP) is 1.63. The van der Waals surface area contributed by atoms with Gasteiger partial charge in [0, 0.05) is 6.54 Å². The minimum atomic E-state index is -4.38. The molecule has 1 heterocycles. The molecule has 9 heteroatoms. The molecule has 0 fully saturated rings. The highest BCUT2D eigenvalue weighted by Crippen LogP contribution is 2.15. The summed E-state index contributed by atoms with van der Waals surface area (Å²) in [6, 6.07) is 1.27. The van der Waals surface area contributed by atoms with E-state index in [2.05, 4.69) is 15.0 Å². The summed E-state index contributed by atoms with van der Waals surface area (Å²) in [5.74, 6) is -0.558. The molecule has 1 rings (SSSR count). The number of carbonyl (C=O) groups excluding carboxylic acids is 1. The third-order valence-electron chi connectivity index (χ3n) is 1.94. The molecule has 3 N–H and O–H groups in total. The van der Waals surface area contributed by atoms with E-state index < -0.39 is 18.7 Å². The van der Waals surface area contributed by atoms with Crippen LogP contribution in [-0.2, 0) is 4.74 Å². The second-order valence-corrected chi connectivity index (χ2v) is 3.91. The number of rotatable bonds is 5. The number of aromatic nitrogens is 1. The van der Waals surface area contributed by atoms with Crippen LogP contribution in [0.3, 0.4) is 0 Å². The van der Waals surface area contributed by atoms with Crippen molar-refractivity contribution in [3.63, 3.8) is 0 Å². The second-order valence-electron chi connectivity index (χ2n) is 3.52. The molecule has 0 saturated carbocycles. The summed E-state index contributed by atoms with van der Waals surface area (Å²) in [4.78, 5) is 15.3. The van der Waals surface area contributed by atoms with Gasteiger partial charge in [-0.3, -0.25) is 4.79 Å². The number of pyridine rings is 1. The minimum Gasteiger partial charge on any atom is -0.397 e. The molecule has 0 spiro atoms. The highest BCUT2D eigenvalue weighted by atomic mass is 35.5. The number of anilines is 1. The van der Waals surface area contributed by atoms with Crippen LogP contribution in [0.25, 0.3) is 0 Å². The van der Waals surface area contributed by atoms with E-state index in [1.54, 1.807) is 0 Å². The molecule has 1 aromatic rings. The van der Waals surface area contributed by atoms with Crippen molar-refractivity contribution in [2.24, 2.45) is 0 Å². The van der Waals surface area contributed by atoms with Crippen LogP contribution >= 0.6 is 11.6 Å². The van der Waals surface area contributed by atoms with Gasteiger partial charge >= 0.3 is 6.18 Å². The van der Waals surface area contributed by atoms with E-state index in [1.807, 2.05) is 0 Å². The van der Waals surface area contributed by atoms with Crippen molar-refractivity contribution in [2.75, 3.05) is 25.5 Å². The maximum Gasteiger partial charge on any atom is 0.411 e. The molecule has 1 aromatic heterocycles. The molecule has 19 heavy (non-hydrogen) atoms. The summed E-state index contributed by atoms with van der Waals surface area (Å²) >= 11 is 5.60. The number of nitrogens with two attached hydrogens (primary N) is 1. The van der Waals surface area contributed by atoms with Gasteiger partial charge in [0.2, 0.25) is 0 Å². The second kappa shape index (κ2) is 6.58. The summed E-state index contributed by atoms with van der Waals surface area (Å²) < 4.78 is 39.6. The lowest BCUT2D eigenvalue weighted by molar-refractivity contribution is -0.173. The largest absolute Gasteiger partial charge is 0.411 e. The fourth-order valence-electron chi connectivity index (χ4n) is 1.16. The molecule has 0 aliphatic rings. The number of alkyl halides is 3. The topological polar surface area (TPSA) is 77.2 Å². The molecule has 1 amide bonds. The number of nitrogens with zero attached hydrogens (tertiary/aromatic N) is 1. The van der Waals surface area contributed by atoms with Crippen molar-refractivity contribution in [2.45, 2.75) is 6.18 Å². The normalized spacial score (nSPS) is 11.4. The molecule has 0 bridgehead atoms. The van der Waals surface area contributed by atoms with Crippen LogP contribution < -0.4 is 11.1 Å². The number of nitrogens with one attached hydrogen (secondary N) is 1. The van der Waals surface area contributed by atoms with Gasteiger partial charge in [-0.2, -0.15) is 13.2 Å². The summed E-state index contributed by atoms with van der Waals surface area (Å²) in [5, 5.41) is 2.45. The van der Waals surface area contributed by atoms with Gasteiger partial charge in [-0.1, -0.05) is 11.6 Å². The van der Waals surface area contributed by atoms with Gasteiger partial charge in [0.15, 0.2) is 0 Å². The Morgan fingerprint density at radius 2 is 2.21 bits per heavy atom. The number of carbonyl (C=O) groups is 1. The lowest BCUT2D eigenvalue weighted by Crippen LogP contribution is -2.29. The zero-order valence-corrected chi connectivity index (χ0v) is 10.4. The van der Waals surface area contributed by atoms with Gasteiger partial charge in [-0.25, -0.2) is 4.98 Å². The van der Waals surface area contributed by atoms with E-state index in [1.165, 1.54) is 12.3 Å². The Morgan fingerprint density at radius 1 is 1.53 bits per heavy atom. The quantitative estimate of drug-likeness (QED) is 0.639. The van der Waals surface area contributed by atoms with Crippen LogP contribution in [0.4, 0.5) is 18.9 Å². The zero-order chi connectivity index (χ0) is 14.5. The first-order valence-corrected chi connectivity index (χ1v) is 5.51. The van der Waals surface area contributed by atoms with Crippen molar-refractivity contribution in [3.05, 3.63) is 23.0 Å².